The van der Waals surface area contributed by atoms with E-state index in [1.165, 1.54) is 11.3 Å². The lowest BCUT2D eigenvalue weighted by Crippen LogP contribution is -2.43. The van der Waals surface area contributed by atoms with Crippen molar-refractivity contribution in [1.29, 1.82) is 0 Å². The average Bonchev–Trinajstić information content (AvgIpc) is 3.17. The summed E-state index contributed by atoms with van der Waals surface area (Å²) in [6.45, 7) is 0. The average molecular weight is 447 g/mol. The molecule has 1 saturated carbocycles. The highest BCUT2D eigenvalue weighted by Gasteiger charge is 2.31. The Kier molecular flexibility index (Phi) is 6.49. The molecule has 9 heteroatoms. The largest absolute Gasteiger partial charge is 0.330 e. The minimum absolute atomic E-state index is 0.117. The Morgan fingerprint density at radius 1 is 0.931 bits per heavy atom. The maximum Gasteiger partial charge on any atom is 0.240 e. The predicted octanol–water partition coefficient (Wildman–Crippen LogP) is 4.66. The van der Waals surface area contributed by atoms with Crippen LogP contribution in [-0.2, 0) is 10.0 Å². The molecule has 4 rings (SSSR count). The summed E-state index contributed by atoms with van der Waals surface area (Å²) in [5, 5.41) is 12.6. The van der Waals surface area contributed by atoms with Gasteiger partial charge in [-0.3, -0.25) is 0 Å². The summed E-state index contributed by atoms with van der Waals surface area (Å²) in [4.78, 5) is 0.305. The maximum absolute atomic E-state index is 12.7. The molecule has 0 saturated heterocycles. The van der Waals surface area contributed by atoms with Gasteiger partial charge in [0, 0.05) is 17.0 Å². The summed E-state index contributed by atoms with van der Waals surface area (Å²) < 4.78 is 29.3. The van der Waals surface area contributed by atoms with Crippen LogP contribution in [0, 0.1) is 0 Å². The lowest BCUT2D eigenvalue weighted by atomic mass is 9.96. The molecule has 152 valence electrons. The monoisotopic (exact) mass is 446 g/mol. The molecule has 2 aromatic carbocycles. The van der Waals surface area contributed by atoms with E-state index in [9.17, 15) is 8.42 Å². The van der Waals surface area contributed by atoms with E-state index < -0.39 is 10.0 Å². The summed E-state index contributed by atoms with van der Waals surface area (Å²) in [6.07, 6.45) is 3.90. The van der Waals surface area contributed by atoms with Crippen molar-refractivity contribution in [2.45, 2.75) is 46.2 Å². The van der Waals surface area contributed by atoms with Crippen molar-refractivity contribution >= 4 is 43.9 Å². The zero-order chi connectivity index (χ0) is 20.1. The Labute approximate surface area is 179 Å². The number of rotatable bonds is 7. The number of sulfonamides is 1. The van der Waals surface area contributed by atoms with Crippen LogP contribution in [-0.4, -0.2) is 29.9 Å². The fourth-order valence-electron chi connectivity index (χ4n) is 3.32. The van der Waals surface area contributed by atoms with E-state index in [2.05, 4.69) is 20.2 Å². The molecule has 3 aromatic rings. The maximum atomic E-state index is 12.7. The van der Waals surface area contributed by atoms with Gasteiger partial charge >= 0.3 is 0 Å². The SMILES string of the molecule is O=S(=O)(NC1CCCCC1Sc1nnc(Nc2ccccc2)s1)c1ccccc1. The van der Waals surface area contributed by atoms with Crippen molar-refractivity contribution < 1.29 is 8.42 Å². The molecule has 29 heavy (non-hydrogen) atoms. The summed E-state index contributed by atoms with van der Waals surface area (Å²) >= 11 is 3.11. The molecular formula is C20H22N4O2S3. The van der Waals surface area contributed by atoms with Gasteiger partial charge in [0.05, 0.1) is 4.90 Å². The number of thioether (sulfide) groups is 1. The molecule has 2 atom stereocenters. The second kappa shape index (κ2) is 9.25. The van der Waals surface area contributed by atoms with Gasteiger partial charge < -0.3 is 5.32 Å². The van der Waals surface area contributed by atoms with Crippen LogP contribution >= 0.6 is 23.1 Å². The van der Waals surface area contributed by atoms with Crippen molar-refractivity contribution in [3.05, 3.63) is 60.7 Å². The Hall–Kier alpha value is -1.94. The first-order chi connectivity index (χ1) is 14.1. The molecule has 0 aliphatic heterocycles. The van der Waals surface area contributed by atoms with E-state index in [0.29, 0.717) is 4.90 Å². The number of nitrogens with zero attached hydrogens (tertiary/aromatic N) is 2. The third-order valence-corrected chi connectivity index (χ3v) is 8.57. The highest BCUT2D eigenvalue weighted by atomic mass is 32.2. The van der Waals surface area contributed by atoms with Gasteiger partial charge in [-0.2, -0.15) is 0 Å². The molecular weight excluding hydrogens is 424 g/mol. The Morgan fingerprint density at radius 2 is 1.62 bits per heavy atom. The van der Waals surface area contributed by atoms with Crippen LogP contribution in [0.5, 0.6) is 0 Å². The smallest absolute Gasteiger partial charge is 0.240 e. The van der Waals surface area contributed by atoms with Crippen molar-refractivity contribution in [3.8, 4) is 0 Å². The van der Waals surface area contributed by atoms with E-state index in [-0.39, 0.29) is 11.3 Å². The van der Waals surface area contributed by atoms with E-state index in [0.717, 1.165) is 40.8 Å². The Balaban J connectivity index is 1.43. The third kappa shape index (κ3) is 5.36. The third-order valence-electron chi connectivity index (χ3n) is 4.75. The molecule has 2 unspecified atom stereocenters. The standard InChI is InChI=1S/C20H22N4O2S3/c25-29(26,16-11-5-2-6-12-16)24-17-13-7-8-14-18(17)27-20-23-22-19(28-20)21-15-9-3-1-4-10-15/h1-6,9-12,17-18,24H,7-8,13-14H2,(H,21,22). The van der Waals surface area contributed by atoms with E-state index in [1.54, 1.807) is 36.0 Å². The lowest BCUT2D eigenvalue weighted by Gasteiger charge is -2.30. The van der Waals surface area contributed by atoms with Gasteiger partial charge in [0.15, 0.2) is 4.34 Å². The van der Waals surface area contributed by atoms with Gasteiger partial charge in [0.2, 0.25) is 15.2 Å². The van der Waals surface area contributed by atoms with Gasteiger partial charge in [0.1, 0.15) is 0 Å². The second-order valence-electron chi connectivity index (χ2n) is 6.85. The van der Waals surface area contributed by atoms with Crippen LogP contribution in [0.1, 0.15) is 25.7 Å². The molecule has 0 amide bonds. The van der Waals surface area contributed by atoms with Crippen molar-refractivity contribution in [2.24, 2.45) is 0 Å². The topological polar surface area (TPSA) is 84.0 Å². The molecule has 1 aliphatic carbocycles. The lowest BCUT2D eigenvalue weighted by molar-refractivity contribution is 0.423. The minimum atomic E-state index is -3.53. The highest BCUT2D eigenvalue weighted by molar-refractivity contribution is 8.01. The molecule has 6 nitrogen and oxygen atoms in total. The molecule has 1 heterocycles. The van der Waals surface area contributed by atoms with Crippen molar-refractivity contribution in [2.75, 3.05) is 5.32 Å². The number of para-hydroxylation sites is 1. The van der Waals surface area contributed by atoms with E-state index in [4.69, 9.17) is 0 Å². The molecule has 0 radical (unpaired) electrons. The van der Waals surface area contributed by atoms with Crippen LogP contribution in [0.4, 0.5) is 10.8 Å². The van der Waals surface area contributed by atoms with Gasteiger partial charge in [0.25, 0.3) is 0 Å². The number of aromatic nitrogens is 2. The summed E-state index contributed by atoms with van der Waals surface area (Å²) in [6, 6.07) is 18.3. The minimum Gasteiger partial charge on any atom is -0.330 e. The van der Waals surface area contributed by atoms with Crippen LogP contribution in [0.15, 0.2) is 69.9 Å². The fraction of sp³-hybridized carbons (Fsp3) is 0.300. The first kappa shape index (κ1) is 20.3. The molecule has 1 aromatic heterocycles. The second-order valence-corrected chi connectivity index (χ2v) is 11.0. The number of anilines is 2. The summed E-state index contributed by atoms with van der Waals surface area (Å²) in [5.41, 5.74) is 0.964. The molecule has 0 spiro atoms. The zero-order valence-corrected chi connectivity index (χ0v) is 18.1. The summed E-state index contributed by atoms with van der Waals surface area (Å²) in [7, 11) is -3.53. The van der Waals surface area contributed by atoms with E-state index >= 15 is 0 Å². The zero-order valence-electron chi connectivity index (χ0n) is 15.7. The number of hydrogen-bond donors (Lipinski definition) is 2. The Bertz CT molecular complexity index is 1030. The van der Waals surface area contributed by atoms with Crippen LogP contribution in [0.25, 0.3) is 0 Å². The van der Waals surface area contributed by atoms with Gasteiger partial charge in [-0.05, 0) is 37.1 Å². The first-order valence-electron chi connectivity index (χ1n) is 9.50. The molecule has 1 fully saturated rings. The van der Waals surface area contributed by atoms with Gasteiger partial charge in [-0.25, -0.2) is 13.1 Å². The normalized spacial score (nSPS) is 19.7. The van der Waals surface area contributed by atoms with Gasteiger partial charge in [-0.15, -0.1) is 10.2 Å². The quantitative estimate of drug-likeness (QED) is 0.549. The van der Waals surface area contributed by atoms with Crippen LogP contribution in [0.3, 0.4) is 0 Å². The van der Waals surface area contributed by atoms with Crippen molar-refractivity contribution in [1.82, 2.24) is 14.9 Å². The van der Waals surface area contributed by atoms with Crippen LogP contribution < -0.4 is 10.0 Å². The van der Waals surface area contributed by atoms with Crippen LogP contribution in [0.2, 0.25) is 0 Å². The van der Waals surface area contributed by atoms with Gasteiger partial charge in [-0.1, -0.05) is 72.3 Å². The number of nitrogens with one attached hydrogen (secondary N) is 2. The molecule has 1 aliphatic rings. The van der Waals surface area contributed by atoms with E-state index in [1.807, 2.05) is 36.4 Å². The molecule has 2 N–H and O–H groups in total. The first-order valence-corrected chi connectivity index (χ1v) is 12.7. The van der Waals surface area contributed by atoms with Crippen molar-refractivity contribution in [3.63, 3.8) is 0 Å². The predicted molar refractivity (Wildman–Crippen MR) is 118 cm³/mol. The highest BCUT2D eigenvalue weighted by Crippen LogP contribution is 2.37. The molecule has 0 bridgehead atoms. The number of hydrogen-bond acceptors (Lipinski definition) is 7. The number of benzene rings is 2. The Morgan fingerprint density at radius 3 is 2.38 bits per heavy atom. The fourth-order valence-corrected chi connectivity index (χ4v) is 7.04. The summed E-state index contributed by atoms with van der Waals surface area (Å²) in [5.74, 6) is 0.